The van der Waals surface area contributed by atoms with Crippen LogP contribution >= 0.6 is 7.11 Å². The maximum absolute atomic E-state index is 12.7. The Morgan fingerprint density at radius 3 is 2.72 bits per heavy atom. The molecule has 32 heavy (non-hydrogen) atoms. The summed E-state index contributed by atoms with van der Waals surface area (Å²) in [7, 11) is -6.02. The van der Waals surface area contributed by atoms with Crippen LogP contribution in [-0.4, -0.2) is 56.9 Å². The highest BCUT2D eigenvalue weighted by Gasteiger charge is 2.42. The highest BCUT2D eigenvalue weighted by atomic mass is 32.2. The summed E-state index contributed by atoms with van der Waals surface area (Å²) < 4.78 is 32.6. The maximum atomic E-state index is 12.7. The molecule has 0 bridgehead atoms. The number of rotatable bonds is 11. The molecule has 0 aliphatic carbocycles. The summed E-state index contributed by atoms with van der Waals surface area (Å²) in [4.78, 5) is 12.3. The standard InChI is InChI=1S/C24H37N2O4PS/c1-8-10-11-21-16-23(27)26(32(21,28)29)14-15-31(7)17-22(24(5,6)18-30-31)20(4)25-13-12-19(3)9-2/h8,10-11,16,22,25H,1,3-4,7,9,12-15,17-18H2,2,5-6H3/b11-10-. The van der Waals surface area contributed by atoms with Crippen molar-refractivity contribution in [3.63, 3.8) is 0 Å². The first-order chi connectivity index (χ1) is 14.9. The lowest BCUT2D eigenvalue weighted by atomic mass is 9.79. The molecule has 6 nitrogen and oxygen atoms in total. The third-order valence-electron chi connectivity index (χ3n) is 6.13. The van der Waals surface area contributed by atoms with Gasteiger partial charge in [-0.3, -0.25) is 4.79 Å². The van der Waals surface area contributed by atoms with Gasteiger partial charge in [-0.05, 0) is 30.5 Å². The normalized spacial score (nSPS) is 26.7. The van der Waals surface area contributed by atoms with E-state index in [1.54, 1.807) is 0 Å². The molecule has 0 aromatic heterocycles. The average Bonchev–Trinajstić information content (AvgIpc) is 2.94. The molecule has 1 fully saturated rings. The van der Waals surface area contributed by atoms with Crippen molar-refractivity contribution in [3.05, 3.63) is 60.2 Å². The molecule has 0 radical (unpaired) electrons. The molecule has 2 aliphatic heterocycles. The molecule has 2 aliphatic rings. The molecular weight excluding hydrogens is 443 g/mol. The number of nitrogens with one attached hydrogen (secondary N) is 1. The van der Waals surface area contributed by atoms with E-state index in [2.05, 4.69) is 52.1 Å². The molecular formula is C24H37N2O4PS. The summed E-state index contributed by atoms with van der Waals surface area (Å²) in [5.74, 6) is -0.386. The molecule has 0 saturated carbocycles. The topological polar surface area (TPSA) is 75.7 Å². The van der Waals surface area contributed by atoms with Crippen LogP contribution in [0.1, 0.15) is 33.6 Å². The molecule has 0 spiro atoms. The number of sulfonamides is 1. The van der Waals surface area contributed by atoms with Gasteiger partial charge in [-0.2, -0.15) is 0 Å². The van der Waals surface area contributed by atoms with Crippen LogP contribution in [0.3, 0.4) is 0 Å². The number of nitrogens with zero attached hydrogens (tertiary/aromatic N) is 1. The van der Waals surface area contributed by atoms with Crippen molar-refractivity contribution in [3.8, 4) is 0 Å². The Hall–Kier alpha value is -1.82. The zero-order valence-electron chi connectivity index (χ0n) is 19.6. The Kier molecular flexibility index (Phi) is 8.60. The Morgan fingerprint density at radius 2 is 2.09 bits per heavy atom. The molecule has 0 aromatic rings. The predicted octanol–water partition coefficient (Wildman–Crippen LogP) is 4.28. The number of hydrogen-bond donors (Lipinski definition) is 1. The summed E-state index contributed by atoms with van der Waals surface area (Å²) in [5.41, 5.74) is 2.04. The van der Waals surface area contributed by atoms with E-state index < -0.39 is 23.0 Å². The van der Waals surface area contributed by atoms with Gasteiger partial charge in [0.2, 0.25) is 0 Å². The van der Waals surface area contributed by atoms with Crippen molar-refractivity contribution >= 4 is 29.3 Å². The zero-order valence-corrected chi connectivity index (χ0v) is 21.3. The van der Waals surface area contributed by atoms with E-state index in [9.17, 15) is 13.2 Å². The minimum atomic E-state index is -3.85. The molecule has 2 rings (SSSR count). The van der Waals surface area contributed by atoms with E-state index in [4.69, 9.17) is 4.52 Å². The van der Waals surface area contributed by atoms with Gasteiger partial charge < -0.3 is 9.84 Å². The van der Waals surface area contributed by atoms with E-state index in [-0.39, 0.29) is 22.8 Å². The number of amides is 1. The molecule has 2 unspecified atom stereocenters. The van der Waals surface area contributed by atoms with Crippen LogP contribution in [0.25, 0.3) is 0 Å². The predicted molar refractivity (Wildman–Crippen MR) is 136 cm³/mol. The molecule has 1 N–H and O–H groups in total. The molecule has 1 saturated heterocycles. The Labute approximate surface area is 193 Å². The summed E-state index contributed by atoms with van der Waals surface area (Å²) in [5, 5.41) is 3.45. The molecule has 2 atom stereocenters. The number of hydrogen-bond acceptors (Lipinski definition) is 5. The zero-order chi connectivity index (χ0) is 24.2. The lowest BCUT2D eigenvalue weighted by Crippen LogP contribution is -2.42. The second-order valence-corrected chi connectivity index (χ2v) is 14.2. The molecule has 0 aromatic carbocycles. The summed E-state index contributed by atoms with van der Waals surface area (Å²) in [6, 6.07) is 0. The Balaban J connectivity index is 2.06. The quantitative estimate of drug-likeness (QED) is 0.271. The number of carbonyl (C=O) groups excluding carboxylic acids is 1. The third-order valence-corrected chi connectivity index (χ3v) is 10.6. The highest BCUT2D eigenvalue weighted by Crippen LogP contribution is 2.57. The maximum Gasteiger partial charge on any atom is 0.266 e. The molecule has 8 heteroatoms. The van der Waals surface area contributed by atoms with Crippen LogP contribution in [0.5, 0.6) is 0 Å². The number of allylic oxidation sites excluding steroid dienone is 4. The fourth-order valence-corrected chi connectivity index (χ4v) is 8.27. The fraction of sp³-hybridized carbons (Fsp3) is 0.500. The monoisotopic (exact) mass is 480 g/mol. The fourth-order valence-electron chi connectivity index (χ4n) is 3.79. The van der Waals surface area contributed by atoms with Crippen molar-refractivity contribution in [1.29, 1.82) is 0 Å². The van der Waals surface area contributed by atoms with Gasteiger partial charge in [-0.1, -0.05) is 64.5 Å². The summed E-state index contributed by atoms with van der Waals surface area (Å²) >= 11 is 0. The van der Waals surface area contributed by atoms with Gasteiger partial charge in [0.05, 0.1) is 11.5 Å². The Morgan fingerprint density at radius 1 is 1.41 bits per heavy atom. The van der Waals surface area contributed by atoms with Gasteiger partial charge in [-0.25, -0.2) is 12.7 Å². The van der Waals surface area contributed by atoms with Crippen LogP contribution in [0, 0.1) is 11.3 Å². The molecule has 2 heterocycles. The van der Waals surface area contributed by atoms with Crippen LogP contribution in [0.15, 0.2) is 60.2 Å². The van der Waals surface area contributed by atoms with Gasteiger partial charge in [-0.15, -0.1) is 0 Å². The Bertz CT molecular complexity index is 991. The summed E-state index contributed by atoms with van der Waals surface area (Å²) in [6.45, 7) is 19.6. The second kappa shape index (κ2) is 10.4. The van der Waals surface area contributed by atoms with Gasteiger partial charge in [0.25, 0.3) is 15.9 Å². The third kappa shape index (κ3) is 6.15. The first-order valence-corrected chi connectivity index (χ1v) is 14.6. The molecule has 178 valence electrons. The van der Waals surface area contributed by atoms with Crippen LogP contribution in [-0.2, 0) is 19.3 Å². The number of carbonyl (C=O) groups is 1. The van der Waals surface area contributed by atoms with Gasteiger partial charge >= 0.3 is 0 Å². The van der Waals surface area contributed by atoms with E-state index in [0.29, 0.717) is 18.9 Å². The molecule has 1 amide bonds. The van der Waals surface area contributed by atoms with E-state index in [1.165, 1.54) is 23.8 Å². The van der Waals surface area contributed by atoms with Crippen LogP contribution in [0.4, 0.5) is 0 Å². The lowest BCUT2D eigenvalue weighted by molar-refractivity contribution is -0.121. The van der Waals surface area contributed by atoms with Crippen LogP contribution < -0.4 is 5.32 Å². The van der Waals surface area contributed by atoms with Crippen LogP contribution in [0.2, 0.25) is 0 Å². The lowest BCUT2D eigenvalue weighted by Gasteiger charge is -2.46. The van der Waals surface area contributed by atoms with E-state index >= 15 is 0 Å². The van der Waals surface area contributed by atoms with Crippen molar-refractivity contribution in [1.82, 2.24) is 9.62 Å². The van der Waals surface area contributed by atoms with Crippen molar-refractivity contribution in [2.45, 2.75) is 33.6 Å². The second-order valence-electron chi connectivity index (χ2n) is 9.14. The summed E-state index contributed by atoms with van der Waals surface area (Å²) in [6.07, 6.45) is 12.8. The first-order valence-electron chi connectivity index (χ1n) is 10.9. The van der Waals surface area contributed by atoms with Crippen molar-refractivity contribution < 1.29 is 17.7 Å². The van der Waals surface area contributed by atoms with Gasteiger partial charge in [0.1, 0.15) is 0 Å². The minimum absolute atomic E-state index is 0.0198. The minimum Gasteiger partial charge on any atom is -0.388 e. The SMILES string of the molecule is C=C/C=C\C1=CC(=O)N(CCP2(=C)CC(C(=C)NCCC(=C)CC)C(C)(C)CO2)S1(=O)=O. The highest BCUT2D eigenvalue weighted by molar-refractivity contribution is 7.94. The van der Waals surface area contributed by atoms with E-state index in [1.807, 2.05) is 0 Å². The first kappa shape index (κ1) is 26.4. The van der Waals surface area contributed by atoms with E-state index in [0.717, 1.165) is 35.5 Å². The largest absolute Gasteiger partial charge is 0.388 e. The van der Waals surface area contributed by atoms with Crippen molar-refractivity contribution in [2.75, 3.05) is 32.0 Å². The van der Waals surface area contributed by atoms with Gasteiger partial charge in [0, 0.05) is 44.1 Å². The average molecular weight is 481 g/mol. The smallest absolute Gasteiger partial charge is 0.266 e. The van der Waals surface area contributed by atoms with Crippen molar-refractivity contribution in [2.24, 2.45) is 11.3 Å². The van der Waals surface area contributed by atoms with Gasteiger partial charge in [0.15, 0.2) is 0 Å².